The Morgan fingerprint density at radius 1 is 1.60 bits per heavy atom. The molecule has 2 aliphatic rings. The topological polar surface area (TPSA) is 9.23 Å². The van der Waals surface area contributed by atoms with E-state index in [1.807, 2.05) is 7.11 Å². The van der Waals surface area contributed by atoms with E-state index in [0.29, 0.717) is 0 Å². The minimum atomic E-state index is -0.269. The summed E-state index contributed by atoms with van der Waals surface area (Å²) in [6, 6.07) is 0. The maximum Gasteiger partial charge on any atom is 0.187 e. The Kier molecular flexibility index (Phi) is 1.66. The molecule has 0 N–H and O–H groups in total. The molecule has 0 saturated heterocycles. The summed E-state index contributed by atoms with van der Waals surface area (Å²) in [7, 11) is 1.58. The van der Waals surface area contributed by atoms with Crippen molar-refractivity contribution in [3.8, 4) is 0 Å². The van der Waals surface area contributed by atoms with E-state index in [1.54, 1.807) is 5.20 Å². The summed E-state index contributed by atoms with van der Waals surface area (Å²) in [5.41, 5.74) is 0. The van der Waals surface area contributed by atoms with Gasteiger partial charge in [-0.1, -0.05) is 11.3 Å². The van der Waals surface area contributed by atoms with Crippen molar-refractivity contribution in [2.75, 3.05) is 7.11 Å². The minimum absolute atomic E-state index is 0.269. The van der Waals surface area contributed by atoms with Gasteiger partial charge in [-0.3, -0.25) is 0 Å². The molecule has 0 aromatic rings. The van der Waals surface area contributed by atoms with Gasteiger partial charge >= 0.3 is 0 Å². The molecule has 0 spiro atoms. The molecule has 0 radical (unpaired) electrons. The van der Waals surface area contributed by atoms with Gasteiger partial charge in [0, 0.05) is 7.11 Å². The lowest BCUT2D eigenvalue weighted by atomic mass is 10.1. The van der Waals surface area contributed by atoms with Gasteiger partial charge < -0.3 is 4.43 Å². The maximum absolute atomic E-state index is 5.25. The highest BCUT2D eigenvalue weighted by Crippen LogP contribution is 2.42. The van der Waals surface area contributed by atoms with Crippen LogP contribution in [0.2, 0.25) is 0 Å². The molecule has 1 fully saturated rings. The van der Waals surface area contributed by atoms with Crippen molar-refractivity contribution in [2.45, 2.75) is 19.3 Å². The molecular formula is C8H14OSi. The fraction of sp³-hybridized carbons (Fsp3) is 0.750. The van der Waals surface area contributed by atoms with Gasteiger partial charge in [-0.05, 0) is 31.1 Å². The van der Waals surface area contributed by atoms with Crippen LogP contribution in [0.3, 0.4) is 0 Å². The van der Waals surface area contributed by atoms with E-state index in [9.17, 15) is 0 Å². The molecule has 0 heterocycles. The third kappa shape index (κ3) is 0.955. The molecule has 56 valence electrons. The zero-order valence-electron chi connectivity index (χ0n) is 6.47. The van der Waals surface area contributed by atoms with Crippen molar-refractivity contribution >= 4 is 9.76 Å². The average Bonchev–Trinajstić information content (AvgIpc) is 2.48. The predicted molar refractivity (Wildman–Crippen MR) is 44.5 cm³/mol. The minimum Gasteiger partial charge on any atom is -0.422 e. The van der Waals surface area contributed by atoms with E-state index in [4.69, 9.17) is 4.43 Å². The highest BCUT2D eigenvalue weighted by atomic mass is 28.2. The number of fused-ring (bicyclic) bond motifs is 2. The third-order valence-corrected chi connectivity index (χ3v) is 4.19. The SMILES string of the molecule is CO[SiH2]C1=CC2CCC1C2. The summed E-state index contributed by atoms with van der Waals surface area (Å²) in [4.78, 5) is 0. The highest BCUT2D eigenvalue weighted by Gasteiger charge is 2.32. The van der Waals surface area contributed by atoms with Gasteiger partial charge in [-0.25, -0.2) is 0 Å². The van der Waals surface area contributed by atoms with E-state index in [-0.39, 0.29) is 9.76 Å². The monoisotopic (exact) mass is 154 g/mol. The van der Waals surface area contributed by atoms with Crippen LogP contribution < -0.4 is 0 Å². The molecule has 2 atom stereocenters. The van der Waals surface area contributed by atoms with Gasteiger partial charge in [-0.2, -0.15) is 0 Å². The quantitative estimate of drug-likeness (QED) is 0.540. The Morgan fingerprint density at radius 2 is 2.50 bits per heavy atom. The Hall–Kier alpha value is -0.0831. The van der Waals surface area contributed by atoms with Crippen molar-refractivity contribution in [3.05, 3.63) is 11.3 Å². The van der Waals surface area contributed by atoms with Gasteiger partial charge in [0.1, 0.15) is 0 Å². The maximum atomic E-state index is 5.25. The molecule has 1 nitrogen and oxygen atoms in total. The molecule has 0 amide bonds. The molecule has 2 unspecified atom stereocenters. The fourth-order valence-electron chi connectivity index (χ4n) is 2.28. The molecule has 2 aliphatic carbocycles. The summed E-state index contributed by atoms with van der Waals surface area (Å²) >= 11 is 0. The van der Waals surface area contributed by atoms with Gasteiger partial charge in [0.2, 0.25) is 0 Å². The summed E-state index contributed by atoms with van der Waals surface area (Å²) in [6.07, 6.45) is 6.84. The van der Waals surface area contributed by atoms with Crippen molar-refractivity contribution in [1.29, 1.82) is 0 Å². The van der Waals surface area contributed by atoms with Crippen LogP contribution in [0.15, 0.2) is 11.3 Å². The van der Waals surface area contributed by atoms with Gasteiger partial charge in [0.05, 0.1) is 0 Å². The van der Waals surface area contributed by atoms with Crippen LogP contribution in [0, 0.1) is 11.8 Å². The Bertz CT molecular complexity index is 165. The molecule has 0 aromatic carbocycles. The molecule has 2 heteroatoms. The fourth-order valence-corrected chi connectivity index (χ4v) is 3.65. The third-order valence-electron chi connectivity index (χ3n) is 2.76. The standard InChI is InChI=1S/C8H14OSi/c1-9-10-8-5-6-2-3-7(8)4-6/h5-7H,2-4,10H2,1H3. The van der Waals surface area contributed by atoms with Crippen LogP contribution in [0.25, 0.3) is 0 Å². The van der Waals surface area contributed by atoms with Gasteiger partial charge in [-0.15, -0.1) is 0 Å². The van der Waals surface area contributed by atoms with E-state index >= 15 is 0 Å². The number of allylic oxidation sites excluding steroid dienone is 2. The van der Waals surface area contributed by atoms with Gasteiger partial charge in [0.25, 0.3) is 0 Å². The first-order chi connectivity index (χ1) is 4.90. The first-order valence-corrected chi connectivity index (χ1v) is 5.38. The summed E-state index contributed by atoms with van der Waals surface area (Å²) in [6.45, 7) is 0. The lowest BCUT2D eigenvalue weighted by Crippen LogP contribution is -2.06. The number of hydrogen-bond donors (Lipinski definition) is 0. The second-order valence-corrected chi connectivity index (χ2v) is 5.13. The van der Waals surface area contributed by atoms with Crippen LogP contribution in [0.1, 0.15) is 19.3 Å². The Labute approximate surface area is 64.4 Å². The Morgan fingerprint density at radius 3 is 3.00 bits per heavy atom. The summed E-state index contributed by atoms with van der Waals surface area (Å²) < 4.78 is 5.25. The van der Waals surface area contributed by atoms with Crippen molar-refractivity contribution in [2.24, 2.45) is 11.8 Å². The largest absolute Gasteiger partial charge is 0.422 e. The van der Waals surface area contributed by atoms with E-state index < -0.39 is 0 Å². The van der Waals surface area contributed by atoms with E-state index in [1.165, 1.54) is 19.3 Å². The van der Waals surface area contributed by atoms with Crippen molar-refractivity contribution in [3.63, 3.8) is 0 Å². The highest BCUT2D eigenvalue weighted by molar-refractivity contribution is 6.38. The van der Waals surface area contributed by atoms with Crippen LogP contribution in [-0.2, 0) is 4.43 Å². The Balaban J connectivity index is 2.03. The molecule has 10 heavy (non-hydrogen) atoms. The molecule has 1 saturated carbocycles. The summed E-state index contributed by atoms with van der Waals surface area (Å²) in [5.74, 6) is 1.90. The van der Waals surface area contributed by atoms with Crippen molar-refractivity contribution < 1.29 is 4.43 Å². The predicted octanol–water partition coefficient (Wildman–Crippen LogP) is 1.03. The molecule has 2 bridgehead atoms. The lowest BCUT2D eigenvalue weighted by molar-refractivity contribution is 0.442. The second-order valence-electron chi connectivity index (χ2n) is 3.44. The molecule has 0 aliphatic heterocycles. The zero-order chi connectivity index (χ0) is 6.97. The molecular weight excluding hydrogens is 140 g/mol. The first kappa shape index (κ1) is 6.62. The van der Waals surface area contributed by atoms with Crippen LogP contribution in [-0.4, -0.2) is 16.9 Å². The summed E-state index contributed by atoms with van der Waals surface area (Å²) in [5, 5.41) is 1.71. The second kappa shape index (κ2) is 2.51. The number of hydrogen-bond acceptors (Lipinski definition) is 1. The number of rotatable bonds is 2. The van der Waals surface area contributed by atoms with E-state index in [0.717, 1.165) is 11.8 Å². The smallest absolute Gasteiger partial charge is 0.187 e. The van der Waals surface area contributed by atoms with Crippen LogP contribution >= 0.6 is 0 Å². The van der Waals surface area contributed by atoms with Gasteiger partial charge in [0.15, 0.2) is 9.76 Å². The van der Waals surface area contributed by atoms with E-state index in [2.05, 4.69) is 6.08 Å². The average molecular weight is 154 g/mol. The normalized spacial score (nSPS) is 37.9. The lowest BCUT2D eigenvalue weighted by Gasteiger charge is -2.10. The first-order valence-electron chi connectivity index (χ1n) is 4.09. The molecule has 2 rings (SSSR count). The van der Waals surface area contributed by atoms with Crippen LogP contribution in [0.4, 0.5) is 0 Å². The molecule has 0 aromatic heterocycles. The van der Waals surface area contributed by atoms with Crippen molar-refractivity contribution in [1.82, 2.24) is 0 Å². The zero-order valence-corrected chi connectivity index (χ0v) is 7.88. The van der Waals surface area contributed by atoms with Crippen LogP contribution in [0.5, 0.6) is 0 Å².